The van der Waals surface area contributed by atoms with Gasteiger partial charge in [0.2, 0.25) is 0 Å². The fourth-order valence-electron chi connectivity index (χ4n) is 3.64. The molecular weight excluding hydrogens is 318 g/mol. The third-order valence-corrected chi connectivity index (χ3v) is 5.06. The number of nitrogens with zero attached hydrogens (tertiary/aromatic N) is 3. The Hall–Kier alpha value is -2.63. The summed E-state index contributed by atoms with van der Waals surface area (Å²) in [5, 5.41) is 4.68. The monoisotopic (exact) mass is 339 g/mol. The van der Waals surface area contributed by atoms with E-state index in [0.717, 1.165) is 12.8 Å². The predicted molar refractivity (Wildman–Crippen MR) is 93.2 cm³/mol. The number of aromatic nitrogens is 2. The van der Waals surface area contributed by atoms with Gasteiger partial charge in [0.05, 0.1) is 22.9 Å². The summed E-state index contributed by atoms with van der Waals surface area (Å²) in [6, 6.07) is 5.68. The highest BCUT2D eigenvalue weighted by molar-refractivity contribution is 6.06. The first-order valence-electron chi connectivity index (χ1n) is 8.73. The van der Waals surface area contributed by atoms with Crippen molar-refractivity contribution in [2.45, 2.75) is 45.1 Å². The Balaban J connectivity index is 1.79. The van der Waals surface area contributed by atoms with Crippen molar-refractivity contribution in [1.29, 1.82) is 0 Å². The smallest absolute Gasteiger partial charge is 0.259 e. The molecule has 0 atom stereocenters. The highest BCUT2D eigenvalue weighted by Gasteiger charge is 2.27. The molecule has 6 heteroatoms. The molecule has 0 N–H and O–H groups in total. The van der Waals surface area contributed by atoms with E-state index in [9.17, 15) is 4.79 Å². The van der Waals surface area contributed by atoms with Gasteiger partial charge in [-0.25, -0.2) is 4.98 Å². The Morgan fingerprint density at radius 2 is 2.08 bits per heavy atom. The molecule has 1 fully saturated rings. The lowest BCUT2D eigenvalue weighted by molar-refractivity contribution is 0.0698. The van der Waals surface area contributed by atoms with Crippen molar-refractivity contribution in [3.8, 4) is 11.5 Å². The second kappa shape index (κ2) is 6.35. The maximum atomic E-state index is 13.2. The Bertz CT molecular complexity index is 892. The Morgan fingerprint density at radius 3 is 2.80 bits per heavy atom. The molecule has 0 aromatic carbocycles. The molecule has 1 amide bonds. The van der Waals surface area contributed by atoms with Crippen molar-refractivity contribution in [2.75, 3.05) is 7.05 Å². The van der Waals surface area contributed by atoms with Gasteiger partial charge in [0.1, 0.15) is 5.69 Å². The summed E-state index contributed by atoms with van der Waals surface area (Å²) in [6.07, 6.45) is 7.32. The zero-order valence-electron chi connectivity index (χ0n) is 14.5. The van der Waals surface area contributed by atoms with Crippen LogP contribution in [0.25, 0.3) is 22.6 Å². The van der Waals surface area contributed by atoms with Gasteiger partial charge in [-0.05, 0) is 38.0 Å². The first-order valence-corrected chi connectivity index (χ1v) is 8.73. The maximum absolute atomic E-state index is 13.2. The summed E-state index contributed by atoms with van der Waals surface area (Å²) in [5.41, 5.74) is 2.19. The summed E-state index contributed by atoms with van der Waals surface area (Å²) in [7, 11) is 1.89. The first-order chi connectivity index (χ1) is 12.1. The van der Waals surface area contributed by atoms with Gasteiger partial charge in [-0.1, -0.05) is 24.4 Å². The number of fused-ring (bicyclic) bond motifs is 1. The largest absolute Gasteiger partial charge is 0.463 e. The average molecular weight is 339 g/mol. The lowest BCUT2D eigenvalue weighted by atomic mass is 9.94. The average Bonchev–Trinajstić information content (AvgIpc) is 3.31. The lowest BCUT2D eigenvalue weighted by Gasteiger charge is -2.31. The molecule has 1 aliphatic carbocycles. The summed E-state index contributed by atoms with van der Waals surface area (Å²) >= 11 is 0. The number of pyridine rings is 1. The van der Waals surface area contributed by atoms with Crippen molar-refractivity contribution in [1.82, 2.24) is 15.0 Å². The highest BCUT2D eigenvalue weighted by atomic mass is 16.5. The minimum Gasteiger partial charge on any atom is -0.463 e. The van der Waals surface area contributed by atoms with E-state index in [-0.39, 0.29) is 11.9 Å². The van der Waals surface area contributed by atoms with Crippen molar-refractivity contribution in [2.24, 2.45) is 0 Å². The van der Waals surface area contributed by atoms with Crippen molar-refractivity contribution < 1.29 is 13.7 Å². The van der Waals surface area contributed by atoms with Crippen LogP contribution in [-0.4, -0.2) is 34.0 Å². The van der Waals surface area contributed by atoms with Crippen LogP contribution in [0.15, 0.2) is 33.4 Å². The van der Waals surface area contributed by atoms with Gasteiger partial charge in [-0.3, -0.25) is 4.79 Å². The molecule has 0 radical (unpaired) electrons. The fourth-order valence-corrected chi connectivity index (χ4v) is 3.64. The first kappa shape index (κ1) is 15.9. The molecule has 6 nitrogen and oxygen atoms in total. The van der Waals surface area contributed by atoms with Gasteiger partial charge in [0.15, 0.2) is 5.76 Å². The molecule has 0 aliphatic heterocycles. The van der Waals surface area contributed by atoms with Crippen molar-refractivity contribution in [3.05, 3.63) is 35.7 Å². The van der Waals surface area contributed by atoms with Gasteiger partial charge in [0, 0.05) is 13.1 Å². The Kier molecular flexibility index (Phi) is 4.03. The molecule has 0 unspecified atom stereocenters. The third-order valence-electron chi connectivity index (χ3n) is 5.06. The second-order valence-electron chi connectivity index (χ2n) is 6.69. The highest BCUT2D eigenvalue weighted by Crippen LogP contribution is 2.30. The molecule has 3 aromatic rings. The summed E-state index contributed by atoms with van der Waals surface area (Å²) in [5.74, 6) is 0.587. The van der Waals surface area contributed by atoms with E-state index in [2.05, 4.69) is 10.1 Å². The van der Waals surface area contributed by atoms with E-state index in [4.69, 9.17) is 8.94 Å². The predicted octanol–water partition coefficient (Wildman–Crippen LogP) is 4.20. The molecule has 1 aliphatic rings. The quantitative estimate of drug-likeness (QED) is 0.715. The topological polar surface area (TPSA) is 72.4 Å². The van der Waals surface area contributed by atoms with Crippen LogP contribution in [0, 0.1) is 6.92 Å². The molecule has 1 saturated carbocycles. The normalized spacial score (nSPS) is 15.6. The molecule has 0 saturated heterocycles. The summed E-state index contributed by atoms with van der Waals surface area (Å²) in [4.78, 5) is 19.6. The molecule has 3 heterocycles. The zero-order valence-corrected chi connectivity index (χ0v) is 14.5. The second-order valence-corrected chi connectivity index (χ2v) is 6.69. The zero-order chi connectivity index (χ0) is 17.4. The van der Waals surface area contributed by atoms with E-state index in [1.54, 1.807) is 18.4 Å². The van der Waals surface area contributed by atoms with E-state index in [1.807, 2.05) is 24.9 Å². The number of carbonyl (C=O) groups is 1. The molecule has 0 spiro atoms. The fraction of sp³-hybridized carbons (Fsp3) is 0.421. The van der Waals surface area contributed by atoms with Gasteiger partial charge in [-0.15, -0.1) is 0 Å². The van der Waals surface area contributed by atoms with Gasteiger partial charge in [0.25, 0.3) is 11.6 Å². The van der Waals surface area contributed by atoms with Crippen LogP contribution < -0.4 is 0 Å². The van der Waals surface area contributed by atoms with E-state index in [0.29, 0.717) is 33.8 Å². The minimum atomic E-state index is -0.0154. The summed E-state index contributed by atoms with van der Waals surface area (Å²) < 4.78 is 10.8. The number of hydrogen-bond acceptors (Lipinski definition) is 5. The van der Waals surface area contributed by atoms with Crippen molar-refractivity contribution in [3.63, 3.8) is 0 Å². The maximum Gasteiger partial charge on any atom is 0.259 e. The van der Waals surface area contributed by atoms with Crippen LogP contribution in [0.3, 0.4) is 0 Å². The van der Waals surface area contributed by atoms with Crippen LogP contribution in [0.2, 0.25) is 0 Å². The number of aryl methyl sites for hydroxylation is 1. The van der Waals surface area contributed by atoms with E-state index < -0.39 is 0 Å². The van der Waals surface area contributed by atoms with Crippen LogP contribution in [0.1, 0.15) is 48.2 Å². The lowest BCUT2D eigenvalue weighted by Crippen LogP contribution is -2.38. The standard InChI is InChI=1S/C19H21N3O3/c1-12-17-14(19(23)22(2)13-7-4-3-5-8-13)11-15(16-9-6-10-24-16)20-18(17)25-21-12/h6,9-11,13H,3-5,7-8H2,1-2H3. The van der Waals surface area contributed by atoms with Crippen molar-refractivity contribution >= 4 is 17.0 Å². The van der Waals surface area contributed by atoms with Crippen LogP contribution in [0.4, 0.5) is 0 Å². The van der Waals surface area contributed by atoms with Gasteiger partial charge < -0.3 is 13.8 Å². The molecular formula is C19H21N3O3. The van der Waals surface area contributed by atoms with E-state index >= 15 is 0 Å². The Morgan fingerprint density at radius 1 is 1.28 bits per heavy atom. The van der Waals surface area contributed by atoms with Crippen LogP contribution in [-0.2, 0) is 0 Å². The van der Waals surface area contributed by atoms with Gasteiger partial charge in [-0.2, -0.15) is 0 Å². The number of rotatable bonds is 3. The van der Waals surface area contributed by atoms with E-state index in [1.165, 1.54) is 19.3 Å². The number of carbonyl (C=O) groups excluding carboxylic acids is 1. The number of hydrogen-bond donors (Lipinski definition) is 0. The number of amides is 1. The molecule has 0 bridgehead atoms. The molecule has 4 rings (SSSR count). The van der Waals surface area contributed by atoms with Gasteiger partial charge >= 0.3 is 0 Å². The molecule has 25 heavy (non-hydrogen) atoms. The van der Waals surface area contributed by atoms with Crippen LogP contribution in [0.5, 0.6) is 0 Å². The molecule has 3 aromatic heterocycles. The number of furan rings is 1. The van der Waals surface area contributed by atoms with Crippen LogP contribution >= 0.6 is 0 Å². The third kappa shape index (κ3) is 2.81. The minimum absolute atomic E-state index is 0.0154. The summed E-state index contributed by atoms with van der Waals surface area (Å²) in [6.45, 7) is 1.83. The SMILES string of the molecule is Cc1noc2nc(-c3ccco3)cc(C(=O)N(C)C3CCCCC3)c12. The molecule has 130 valence electrons. The Labute approximate surface area is 145 Å².